The average molecular weight is 357 g/mol. The molecule has 0 atom stereocenters. The van der Waals surface area contributed by atoms with Gasteiger partial charge in [0, 0.05) is 21.8 Å². The smallest absolute Gasteiger partial charge is 0.263 e. The molecule has 0 radical (unpaired) electrons. The maximum absolute atomic E-state index is 12.9. The first kappa shape index (κ1) is 14.5. The third-order valence-corrected chi connectivity index (χ3v) is 4.11. The highest BCUT2D eigenvalue weighted by molar-refractivity contribution is 9.08. The molecule has 1 heterocycles. The summed E-state index contributed by atoms with van der Waals surface area (Å²) in [4.78, 5) is 24.8. The Kier molecular flexibility index (Phi) is 3.81. The predicted octanol–water partition coefficient (Wildman–Crippen LogP) is 2.98. The van der Waals surface area contributed by atoms with E-state index >= 15 is 0 Å². The first-order chi connectivity index (χ1) is 10.6. The maximum atomic E-state index is 12.9. The van der Waals surface area contributed by atoms with Crippen molar-refractivity contribution in [3.05, 3.63) is 76.2 Å². The highest BCUT2D eigenvalue weighted by Crippen LogP contribution is 2.23. The molecule has 110 valence electrons. The van der Waals surface area contributed by atoms with E-state index in [-0.39, 0.29) is 5.56 Å². The molecule has 22 heavy (non-hydrogen) atoms. The lowest BCUT2D eigenvalue weighted by molar-refractivity contribution is 0.100. The Morgan fingerprint density at radius 3 is 2.18 bits per heavy atom. The Morgan fingerprint density at radius 2 is 1.59 bits per heavy atom. The fraction of sp³-hybridized carbons (Fsp3) is 0.0588. The SMILES string of the molecule is NC(=O)c1c(CBr)n(-c2ccccc2)c(=O)c2ccccc12. The second kappa shape index (κ2) is 5.77. The highest BCUT2D eigenvalue weighted by atomic mass is 79.9. The van der Waals surface area contributed by atoms with E-state index in [1.54, 1.807) is 24.3 Å². The highest BCUT2D eigenvalue weighted by Gasteiger charge is 2.19. The van der Waals surface area contributed by atoms with Gasteiger partial charge in [0.15, 0.2) is 0 Å². The van der Waals surface area contributed by atoms with Crippen molar-refractivity contribution in [2.75, 3.05) is 0 Å². The lowest BCUT2D eigenvalue weighted by Crippen LogP contribution is -2.27. The van der Waals surface area contributed by atoms with Crippen molar-refractivity contribution in [3.63, 3.8) is 0 Å². The van der Waals surface area contributed by atoms with Crippen LogP contribution in [-0.4, -0.2) is 10.5 Å². The van der Waals surface area contributed by atoms with Gasteiger partial charge in [0.05, 0.1) is 11.3 Å². The normalized spacial score (nSPS) is 10.8. The molecule has 0 saturated carbocycles. The summed E-state index contributed by atoms with van der Waals surface area (Å²) in [6.07, 6.45) is 0. The summed E-state index contributed by atoms with van der Waals surface area (Å²) in [5.74, 6) is -0.546. The van der Waals surface area contributed by atoms with Crippen molar-refractivity contribution in [1.29, 1.82) is 0 Å². The van der Waals surface area contributed by atoms with Crippen molar-refractivity contribution in [2.45, 2.75) is 5.33 Å². The Hall–Kier alpha value is -2.40. The molecule has 3 aromatic rings. The van der Waals surface area contributed by atoms with Crippen LogP contribution in [0.15, 0.2) is 59.4 Å². The van der Waals surface area contributed by atoms with Gasteiger partial charge in [0.25, 0.3) is 11.5 Å². The van der Waals surface area contributed by atoms with Gasteiger partial charge in [-0.05, 0) is 18.2 Å². The first-order valence-corrected chi connectivity index (χ1v) is 7.85. The number of halogens is 1. The maximum Gasteiger partial charge on any atom is 0.263 e. The van der Waals surface area contributed by atoms with Gasteiger partial charge in [0.2, 0.25) is 0 Å². The molecule has 2 aromatic carbocycles. The van der Waals surface area contributed by atoms with Crippen LogP contribution in [0.1, 0.15) is 16.1 Å². The minimum Gasteiger partial charge on any atom is -0.366 e. The molecule has 5 heteroatoms. The number of carbonyl (C=O) groups excluding carboxylic acids is 1. The number of carbonyl (C=O) groups is 1. The molecule has 1 aromatic heterocycles. The number of rotatable bonds is 3. The molecular weight excluding hydrogens is 344 g/mol. The van der Waals surface area contributed by atoms with E-state index in [1.165, 1.54) is 4.57 Å². The van der Waals surface area contributed by atoms with E-state index in [0.717, 1.165) is 0 Å². The van der Waals surface area contributed by atoms with Gasteiger partial charge in [-0.1, -0.05) is 52.3 Å². The summed E-state index contributed by atoms with van der Waals surface area (Å²) in [6.45, 7) is 0. The minimum atomic E-state index is -0.546. The Morgan fingerprint density at radius 1 is 1.00 bits per heavy atom. The van der Waals surface area contributed by atoms with E-state index in [4.69, 9.17) is 5.73 Å². The van der Waals surface area contributed by atoms with E-state index in [1.807, 2.05) is 30.3 Å². The summed E-state index contributed by atoms with van der Waals surface area (Å²) in [6, 6.07) is 16.2. The van der Waals surface area contributed by atoms with Gasteiger partial charge in [-0.2, -0.15) is 0 Å². The zero-order valence-corrected chi connectivity index (χ0v) is 13.2. The lowest BCUT2D eigenvalue weighted by atomic mass is 10.0. The minimum absolute atomic E-state index is 0.166. The molecule has 4 nitrogen and oxygen atoms in total. The van der Waals surface area contributed by atoms with Crippen LogP contribution < -0.4 is 11.3 Å². The zero-order chi connectivity index (χ0) is 15.7. The number of pyridine rings is 1. The number of alkyl halides is 1. The van der Waals surface area contributed by atoms with Crippen LogP contribution in [0.5, 0.6) is 0 Å². The number of fused-ring (bicyclic) bond motifs is 1. The molecule has 0 bridgehead atoms. The summed E-state index contributed by atoms with van der Waals surface area (Å²) in [5.41, 5.74) is 7.05. The average Bonchev–Trinajstić information content (AvgIpc) is 2.55. The number of nitrogens with two attached hydrogens (primary N) is 1. The standard InChI is InChI=1S/C17H13BrN2O2/c18-10-14-15(16(19)21)12-8-4-5-9-13(12)17(22)20(14)11-6-2-1-3-7-11/h1-9H,10H2,(H2,19,21). The molecule has 0 aliphatic rings. The monoisotopic (exact) mass is 356 g/mol. The van der Waals surface area contributed by atoms with Gasteiger partial charge in [-0.3, -0.25) is 14.2 Å². The molecule has 3 rings (SSSR count). The predicted molar refractivity (Wildman–Crippen MR) is 90.7 cm³/mol. The number of hydrogen-bond donors (Lipinski definition) is 1. The van der Waals surface area contributed by atoms with E-state index in [2.05, 4.69) is 15.9 Å². The van der Waals surface area contributed by atoms with Crippen LogP contribution >= 0.6 is 15.9 Å². The zero-order valence-electron chi connectivity index (χ0n) is 11.6. The van der Waals surface area contributed by atoms with Crippen LogP contribution in [0.2, 0.25) is 0 Å². The van der Waals surface area contributed by atoms with Crippen LogP contribution in [0.25, 0.3) is 16.5 Å². The molecular formula is C17H13BrN2O2. The Labute approximate surface area is 135 Å². The number of nitrogens with zero attached hydrogens (tertiary/aromatic N) is 1. The number of para-hydroxylation sites is 1. The Balaban J connectivity index is 2.55. The fourth-order valence-corrected chi connectivity index (χ4v) is 3.18. The van der Waals surface area contributed by atoms with Crippen LogP contribution in [-0.2, 0) is 5.33 Å². The molecule has 1 amide bonds. The lowest BCUT2D eigenvalue weighted by Gasteiger charge is -2.16. The first-order valence-electron chi connectivity index (χ1n) is 6.73. The van der Waals surface area contributed by atoms with Gasteiger partial charge in [0.1, 0.15) is 0 Å². The van der Waals surface area contributed by atoms with E-state index in [9.17, 15) is 9.59 Å². The molecule has 0 unspecified atom stereocenters. The number of hydrogen-bond acceptors (Lipinski definition) is 2. The van der Waals surface area contributed by atoms with Crippen LogP contribution in [0.4, 0.5) is 0 Å². The van der Waals surface area contributed by atoms with Crippen molar-refractivity contribution in [3.8, 4) is 5.69 Å². The van der Waals surface area contributed by atoms with E-state index in [0.29, 0.717) is 33.0 Å². The molecule has 0 saturated heterocycles. The number of amides is 1. The number of aromatic nitrogens is 1. The van der Waals surface area contributed by atoms with Crippen molar-refractivity contribution >= 4 is 32.6 Å². The summed E-state index contributed by atoms with van der Waals surface area (Å²) in [5, 5.41) is 1.41. The third-order valence-electron chi connectivity index (χ3n) is 3.58. The molecule has 2 N–H and O–H groups in total. The van der Waals surface area contributed by atoms with Gasteiger partial charge in [-0.25, -0.2) is 0 Å². The van der Waals surface area contributed by atoms with Gasteiger partial charge >= 0.3 is 0 Å². The van der Waals surface area contributed by atoms with Crippen molar-refractivity contribution in [2.24, 2.45) is 5.73 Å². The summed E-state index contributed by atoms with van der Waals surface area (Å²) < 4.78 is 1.54. The van der Waals surface area contributed by atoms with Gasteiger partial charge < -0.3 is 5.73 Å². The number of benzene rings is 2. The fourth-order valence-electron chi connectivity index (χ4n) is 2.65. The van der Waals surface area contributed by atoms with Gasteiger partial charge in [-0.15, -0.1) is 0 Å². The van der Waals surface area contributed by atoms with E-state index < -0.39 is 5.91 Å². The van der Waals surface area contributed by atoms with Crippen molar-refractivity contribution in [1.82, 2.24) is 4.57 Å². The largest absolute Gasteiger partial charge is 0.366 e. The second-order valence-corrected chi connectivity index (χ2v) is 5.40. The molecule has 0 fully saturated rings. The molecule has 0 aliphatic heterocycles. The molecule has 0 aliphatic carbocycles. The topological polar surface area (TPSA) is 65.1 Å². The van der Waals surface area contributed by atoms with Crippen LogP contribution in [0, 0.1) is 0 Å². The Bertz CT molecular complexity index is 917. The summed E-state index contributed by atoms with van der Waals surface area (Å²) >= 11 is 3.38. The van der Waals surface area contributed by atoms with Crippen LogP contribution in [0.3, 0.4) is 0 Å². The quantitative estimate of drug-likeness (QED) is 0.733. The number of primary amides is 1. The third kappa shape index (κ3) is 2.23. The van der Waals surface area contributed by atoms with Crippen molar-refractivity contribution < 1.29 is 4.79 Å². The second-order valence-electron chi connectivity index (χ2n) is 4.84. The summed E-state index contributed by atoms with van der Waals surface area (Å²) in [7, 11) is 0. The molecule has 0 spiro atoms.